The van der Waals surface area contributed by atoms with Crippen molar-refractivity contribution in [2.75, 3.05) is 13.2 Å². The Bertz CT molecular complexity index is 588. The van der Waals surface area contributed by atoms with Crippen LogP contribution in [0.15, 0.2) is 24.3 Å². The summed E-state index contributed by atoms with van der Waals surface area (Å²) in [6.45, 7) is 6.69. The Morgan fingerprint density at radius 3 is 2.58 bits per heavy atom. The van der Waals surface area contributed by atoms with Crippen molar-refractivity contribution in [1.82, 2.24) is 10.2 Å². The van der Waals surface area contributed by atoms with E-state index in [0.717, 1.165) is 17.5 Å². The van der Waals surface area contributed by atoms with Gasteiger partial charge in [-0.3, -0.25) is 9.59 Å². The van der Waals surface area contributed by atoms with E-state index < -0.39 is 6.04 Å². The molecule has 3 atom stereocenters. The van der Waals surface area contributed by atoms with Crippen LogP contribution in [0.1, 0.15) is 38.3 Å². The highest BCUT2D eigenvalue weighted by atomic mass is 16.3. The van der Waals surface area contributed by atoms with Crippen LogP contribution in [0.2, 0.25) is 0 Å². The van der Waals surface area contributed by atoms with Crippen molar-refractivity contribution < 1.29 is 14.7 Å². The van der Waals surface area contributed by atoms with Crippen molar-refractivity contribution in [3.05, 3.63) is 35.4 Å². The van der Waals surface area contributed by atoms with Crippen LogP contribution < -0.4 is 5.32 Å². The molecule has 1 aromatic carbocycles. The predicted molar refractivity (Wildman–Crippen MR) is 93.2 cm³/mol. The Kier molecular flexibility index (Phi) is 6.37. The lowest BCUT2D eigenvalue weighted by Crippen LogP contribution is -2.54. The van der Waals surface area contributed by atoms with Gasteiger partial charge >= 0.3 is 0 Å². The van der Waals surface area contributed by atoms with Gasteiger partial charge in [0, 0.05) is 32.0 Å². The number of rotatable bonds is 6. The van der Waals surface area contributed by atoms with Gasteiger partial charge in [-0.15, -0.1) is 0 Å². The van der Waals surface area contributed by atoms with Gasteiger partial charge in [0.05, 0.1) is 0 Å². The van der Waals surface area contributed by atoms with Gasteiger partial charge in [-0.25, -0.2) is 0 Å². The van der Waals surface area contributed by atoms with Crippen molar-refractivity contribution in [1.29, 1.82) is 0 Å². The first-order valence-corrected chi connectivity index (χ1v) is 8.73. The van der Waals surface area contributed by atoms with Crippen LogP contribution in [-0.2, 0) is 22.6 Å². The average molecular weight is 332 g/mol. The summed E-state index contributed by atoms with van der Waals surface area (Å²) in [6, 6.07) is 7.50. The van der Waals surface area contributed by atoms with Gasteiger partial charge in [0.2, 0.25) is 11.8 Å². The minimum absolute atomic E-state index is 0.00328. The highest BCUT2D eigenvalue weighted by molar-refractivity contribution is 5.89. The number of fused-ring (bicyclic) bond motifs is 1. The van der Waals surface area contributed by atoms with Crippen molar-refractivity contribution >= 4 is 11.8 Å². The van der Waals surface area contributed by atoms with E-state index in [1.807, 2.05) is 45.0 Å². The largest absolute Gasteiger partial charge is 0.396 e. The van der Waals surface area contributed by atoms with Crippen LogP contribution in [0.5, 0.6) is 0 Å². The molecule has 2 rings (SSSR count). The van der Waals surface area contributed by atoms with E-state index in [-0.39, 0.29) is 30.3 Å². The molecule has 2 N–H and O–H groups in total. The van der Waals surface area contributed by atoms with Crippen LogP contribution in [0.3, 0.4) is 0 Å². The van der Waals surface area contributed by atoms with Crippen LogP contribution in [0.25, 0.3) is 0 Å². The number of nitrogens with one attached hydrogen (secondary N) is 1. The molecule has 2 amide bonds. The zero-order chi connectivity index (χ0) is 17.7. The zero-order valence-corrected chi connectivity index (χ0v) is 14.8. The lowest BCUT2D eigenvalue weighted by molar-refractivity contribution is -0.144. The third-order valence-corrected chi connectivity index (χ3v) is 4.80. The van der Waals surface area contributed by atoms with Crippen LogP contribution >= 0.6 is 0 Å². The third-order valence-electron chi connectivity index (χ3n) is 4.80. The molecule has 1 aliphatic rings. The number of nitrogens with zero attached hydrogens (tertiary/aromatic N) is 1. The Labute approximate surface area is 144 Å². The molecule has 0 fully saturated rings. The van der Waals surface area contributed by atoms with Gasteiger partial charge in [-0.05, 0) is 23.5 Å². The van der Waals surface area contributed by atoms with E-state index in [2.05, 4.69) is 5.32 Å². The van der Waals surface area contributed by atoms with Crippen molar-refractivity contribution in [2.45, 2.75) is 46.2 Å². The van der Waals surface area contributed by atoms with Crippen molar-refractivity contribution in [2.24, 2.45) is 11.8 Å². The first-order valence-electron chi connectivity index (χ1n) is 8.73. The van der Waals surface area contributed by atoms with E-state index in [9.17, 15) is 9.59 Å². The second kappa shape index (κ2) is 8.29. The Morgan fingerprint density at radius 2 is 1.96 bits per heavy atom. The summed E-state index contributed by atoms with van der Waals surface area (Å²) in [5.74, 6) is -0.200. The molecule has 0 aromatic heterocycles. The lowest BCUT2D eigenvalue weighted by atomic mass is 9.92. The number of carbonyl (C=O) groups excluding carboxylic acids is 2. The number of amides is 2. The number of hydrogen-bond acceptors (Lipinski definition) is 3. The number of hydrogen-bond donors (Lipinski definition) is 2. The summed E-state index contributed by atoms with van der Waals surface area (Å²) in [4.78, 5) is 27.1. The predicted octanol–water partition coefficient (Wildman–Crippen LogP) is 1.73. The molecule has 0 saturated carbocycles. The Balaban J connectivity index is 2.20. The molecule has 132 valence electrons. The molecule has 1 heterocycles. The molecule has 0 saturated heterocycles. The molecule has 5 heteroatoms. The van der Waals surface area contributed by atoms with E-state index in [1.165, 1.54) is 0 Å². The molecule has 0 radical (unpaired) electrons. The molecular weight excluding hydrogens is 304 g/mol. The van der Waals surface area contributed by atoms with Gasteiger partial charge < -0.3 is 15.3 Å². The lowest BCUT2D eigenvalue weighted by Gasteiger charge is -2.37. The zero-order valence-electron chi connectivity index (χ0n) is 14.8. The number of aliphatic hydroxyl groups excluding tert-OH is 1. The minimum Gasteiger partial charge on any atom is -0.396 e. The molecule has 1 aromatic rings. The molecule has 5 nitrogen and oxygen atoms in total. The summed E-state index contributed by atoms with van der Waals surface area (Å²) in [5, 5.41) is 12.0. The van der Waals surface area contributed by atoms with E-state index >= 15 is 0 Å². The second-order valence-corrected chi connectivity index (χ2v) is 6.80. The van der Waals surface area contributed by atoms with E-state index in [1.54, 1.807) is 4.90 Å². The smallest absolute Gasteiger partial charge is 0.243 e. The Morgan fingerprint density at radius 1 is 1.29 bits per heavy atom. The van der Waals surface area contributed by atoms with E-state index in [0.29, 0.717) is 19.5 Å². The normalized spacial score (nSPS) is 19.3. The monoisotopic (exact) mass is 332 g/mol. The SMILES string of the molecule is CCC(C)C(=O)N1Cc2ccccc2CC1C(=O)NCC(C)CO. The number of benzene rings is 1. The number of aliphatic hydroxyl groups is 1. The first-order chi connectivity index (χ1) is 11.5. The van der Waals surface area contributed by atoms with Crippen LogP contribution in [0.4, 0.5) is 0 Å². The summed E-state index contributed by atoms with van der Waals surface area (Å²) >= 11 is 0. The van der Waals surface area contributed by atoms with Gasteiger partial charge in [-0.2, -0.15) is 0 Å². The van der Waals surface area contributed by atoms with Gasteiger partial charge in [0.15, 0.2) is 0 Å². The fraction of sp³-hybridized carbons (Fsp3) is 0.579. The molecule has 24 heavy (non-hydrogen) atoms. The Hall–Kier alpha value is -1.88. The second-order valence-electron chi connectivity index (χ2n) is 6.80. The molecule has 1 aliphatic heterocycles. The molecule has 0 spiro atoms. The molecule has 0 aliphatic carbocycles. The fourth-order valence-corrected chi connectivity index (χ4v) is 2.90. The topological polar surface area (TPSA) is 69.6 Å². The van der Waals surface area contributed by atoms with Gasteiger partial charge in [0.25, 0.3) is 0 Å². The van der Waals surface area contributed by atoms with Gasteiger partial charge in [-0.1, -0.05) is 45.0 Å². The summed E-state index contributed by atoms with van der Waals surface area (Å²) < 4.78 is 0. The first kappa shape index (κ1) is 18.5. The van der Waals surface area contributed by atoms with Crippen LogP contribution in [-0.4, -0.2) is 41.0 Å². The van der Waals surface area contributed by atoms with E-state index in [4.69, 9.17) is 5.11 Å². The summed E-state index contributed by atoms with van der Waals surface area (Å²) in [6.07, 6.45) is 1.30. The summed E-state index contributed by atoms with van der Waals surface area (Å²) in [5.41, 5.74) is 2.24. The highest BCUT2D eigenvalue weighted by Crippen LogP contribution is 2.25. The maximum Gasteiger partial charge on any atom is 0.243 e. The molecule has 3 unspecified atom stereocenters. The van der Waals surface area contributed by atoms with Crippen molar-refractivity contribution in [3.63, 3.8) is 0 Å². The fourth-order valence-electron chi connectivity index (χ4n) is 2.90. The minimum atomic E-state index is -0.479. The maximum atomic E-state index is 12.8. The van der Waals surface area contributed by atoms with Crippen molar-refractivity contribution in [3.8, 4) is 0 Å². The molecular formula is C19H28N2O3. The van der Waals surface area contributed by atoms with Crippen LogP contribution in [0, 0.1) is 11.8 Å². The quantitative estimate of drug-likeness (QED) is 0.833. The highest BCUT2D eigenvalue weighted by Gasteiger charge is 2.35. The molecule has 0 bridgehead atoms. The number of carbonyl (C=O) groups is 2. The third kappa shape index (κ3) is 4.15. The summed E-state index contributed by atoms with van der Waals surface area (Å²) in [7, 11) is 0. The maximum absolute atomic E-state index is 12.8. The average Bonchev–Trinajstić information content (AvgIpc) is 2.63. The van der Waals surface area contributed by atoms with Gasteiger partial charge in [0.1, 0.15) is 6.04 Å². The standard InChI is InChI=1S/C19H28N2O3/c1-4-14(3)19(24)21-11-16-8-6-5-7-15(16)9-17(21)18(23)20-10-13(2)12-22/h5-8,13-14,17,22H,4,9-12H2,1-3H3,(H,20,23).